The lowest BCUT2D eigenvalue weighted by Gasteiger charge is -2.24. The Morgan fingerprint density at radius 3 is 2.85 bits per heavy atom. The van der Waals surface area contributed by atoms with Crippen LogP contribution in [0, 0.1) is 17.8 Å². The van der Waals surface area contributed by atoms with Gasteiger partial charge in [-0.15, -0.1) is 0 Å². The number of hydrogen-bond acceptors (Lipinski definition) is 3. The number of allylic oxidation sites excluding steroid dienone is 1. The number of cyclic esters (lactones) is 1. The van der Waals surface area contributed by atoms with Crippen LogP contribution in [0.2, 0.25) is 0 Å². The quantitative estimate of drug-likeness (QED) is 0.451. The molecule has 3 heteroatoms. The van der Waals surface area contributed by atoms with Crippen molar-refractivity contribution in [1.29, 1.82) is 0 Å². The molecule has 0 bridgehead atoms. The van der Waals surface area contributed by atoms with Gasteiger partial charge in [0.2, 0.25) is 0 Å². The third-order valence-corrected chi connectivity index (χ3v) is 3.03. The molecule has 2 fully saturated rings. The lowest BCUT2D eigenvalue weighted by molar-refractivity contribution is -0.140. The number of carbonyl (C=O) groups is 2. The lowest BCUT2D eigenvalue weighted by Crippen LogP contribution is -2.25. The molecule has 1 aliphatic carbocycles. The van der Waals surface area contributed by atoms with Crippen LogP contribution in [-0.2, 0) is 14.3 Å². The molecule has 3 atom stereocenters. The second-order valence-electron chi connectivity index (χ2n) is 3.81. The van der Waals surface area contributed by atoms with Gasteiger partial charge < -0.3 is 9.53 Å². The molecule has 1 aliphatic heterocycles. The number of rotatable bonds is 1. The van der Waals surface area contributed by atoms with Gasteiger partial charge in [-0.1, -0.05) is 6.58 Å². The van der Waals surface area contributed by atoms with E-state index in [0.29, 0.717) is 12.2 Å². The van der Waals surface area contributed by atoms with E-state index in [2.05, 4.69) is 6.58 Å². The molecule has 0 aromatic carbocycles. The van der Waals surface area contributed by atoms with Crippen LogP contribution in [0.1, 0.15) is 19.3 Å². The Morgan fingerprint density at radius 2 is 2.15 bits per heavy atom. The van der Waals surface area contributed by atoms with Crippen LogP contribution < -0.4 is 0 Å². The highest BCUT2D eigenvalue weighted by molar-refractivity contribution is 5.78. The number of fused-ring (bicyclic) bond motifs is 1. The molecule has 0 amide bonds. The maximum absolute atomic E-state index is 11.3. The predicted octanol–water partition coefficient (Wildman–Crippen LogP) is 1.29. The first-order valence-electron chi connectivity index (χ1n) is 4.58. The van der Waals surface area contributed by atoms with Crippen molar-refractivity contribution in [2.45, 2.75) is 19.3 Å². The maximum Gasteiger partial charge on any atom is 0.314 e. The molecule has 2 rings (SSSR count). The molecule has 3 nitrogen and oxygen atoms in total. The van der Waals surface area contributed by atoms with Crippen LogP contribution in [0.4, 0.5) is 0 Å². The first-order chi connectivity index (χ1) is 6.22. The van der Waals surface area contributed by atoms with E-state index < -0.39 is 0 Å². The second-order valence-corrected chi connectivity index (χ2v) is 3.81. The van der Waals surface area contributed by atoms with Gasteiger partial charge in [0.15, 0.2) is 0 Å². The van der Waals surface area contributed by atoms with E-state index in [0.717, 1.165) is 19.1 Å². The van der Waals surface area contributed by atoms with Crippen LogP contribution in [0.15, 0.2) is 12.3 Å². The first-order valence-corrected chi connectivity index (χ1v) is 4.58. The summed E-state index contributed by atoms with van der Waals surface area (Å²) < 4.78 is 4.95. The fourth-order valence-corrected chi connectivity index (χ4v) is 2.25. The number of aldehydes is 1. The molecule has 0 aromatic heterocycles. The standard InChI is InChI=1S/C10H12O3/c1-6-8-3-2-7(5-11)4-9(8)10(12)13-6/h5,7-9H,1-4H2. The third kappa shape index (κ3) is 1.28. The minimum Gasteiger partial charge on any atom is -0.431 e. The summed E-state index contributed by atoms with van der Waals surface area (Å²) in [6.45, 7) is 3.71. The normalized spacial score (nSPS) is 38.3. The zero-order valence-electron chi connectivity index (χ0n) is 7.36. The molecule has 70 valence electrons. The highest BCUT2D eigenvalue weighted by Gasteiger charge is 2.43. The van der Waals surface area contributed by atoms with Gasteiger partial charge in [0.1, 0.15) is 12.0 Å². The van der Waals surface area contributed by atoms with Gasteiger partial charge in [-0.25, -0.2) is 0 Å². The molecule has 13 heavy (non-hydrogen) atoms. The zero-order valence-corrected chi connectivity index (χ0v) is 7.36. The van der Waals surface area contributed by atoms with Crippen molar-refractivity contribution in [3.05, 3.63) is 12.3 Å². The molecular weight excluding hydrogens is 168 g/mol. The van der Waals surface area contributed by atoms with Crippen LogP contribution in [0.3, 0.4) is 0 Å². The van der Waals surface area contributed by atoms with Crippen molar-refractivity contribution in [1.82, 2.24) is 0 Å². The van der Waals surface area contributed by atoms with Crippen molar-refractivity contribution in [2.75, 3.05) is 0 Å². The summed E-state index contributed by atoms with van der Waals surface area (Å²) >= 11 is 0. The smallest absolute Gasteiger partial charge is 0.314 e. The van der Waals surface area contributed by atoms with Crippen molar-refractivity contribution < 1.29 is 14.3 Å². The third-order valence-electron chi connectivity index (χ3n) is 3.03. The van der Waals surface area contributed by atoms with Gasteiger partial charge in [0.25, 0.3) is 0 Å². The Labute approximate surface area is 76.8 Å². The van der Waals surface area contributed by atoms with Crippen molar-refractivity contribution in [3.8, 4) is 0 Å². The van der Waals surface area contributed by atoms with E-state index in [-0.39, 0.29) is 23.7 Å². The summed E-state index contributed by atoms with van der Waals surface area (Å²) in [4.78, 5) is 21.8. The Bertz CT molecular complexity index is 269. The summed E-state index contributed by atoms with van der Waals surface area (Å²) in [5, 5.41) is 0. The van der Waals surface area contributed by atoms with Gasteiger partial charge in [-0.2, -0.15) is 0 Å². The van der Waals surface area contributed by atoms with Gasteiger partial charge in [0, 0.05) is 11.8 Å². The Kier molecular flexibility index (Phi) is 1.94. The monoisotopic (exact) mass is 180 g/mol. The fourth-order valence-electron chi connectivity index (χ4n) is 2.25. The van der Waals surface area contributed by atoms with Gasteiger partial charge in [-0.05, 0) is 19.3 Å². The molecule has 1 saturated heterocycles. The zero-order chi connectivity index (χ0) is 9.42. The van der Waals surface area contributed by atoms with E-state index >= 15 is 0 Å². The minimum atomic E-state index is -0.193. The van der Waals surface area contributed by atoms with Gasteiger partial charge in [-0.3, -0.25) is 4.79 Å². The van der Waals surface area contributed by atoms with Crippen LogP contribution in [0.5, 0.6) is 0 Å². The van der Waals surface area contributed by atoms with Crippen LogP contribution in [0.25, 0.3) is 0 Å². The van der Waals surface area contributed by atoms with E-state index in [1.54, 1.807) is 0 Å². The average Bonchev–Trinajstić information content (AvgIpc) is 2.42. The van der Waals surface area contributed by atoms with Crippen molar-refractivity contribution in [2.24, 2.45) is 17.8 Å². The number of carbonyl (C=O) groups excluding carboxylic acids is 2. The molecule has 2 aliphatic rings. The Morgan fingerprint density at radius 1 is 1.38 bits per heavy atom. The van der Waals surface area contributed by atoms with Crippen molar-refractivity contribution >= 4 is 12.3 Å². The minimum absolute atomic E-state index is 0.0414. The molecule has 1 saturated carbocycles. The van der Waals surface area contributed by atoms with E-state index in [1.807, 2.05) is 0 Å². The highest BCUT2D eigenvalue weighted by atomic mass is 16.5. The molecule has 3 unspecified atom stereocenters. The number of esters is 1. The second kappa shape index (κ2) is 2.98. The van der Waals surface area contributed by atoms with Crippen LogP contribution >= 0.6 is 0 Å². The SMILES string of the molecule is C=C1OC(=O)C2CC(C=O)CCC12. The fraction of sp³-hybridized carbons (Fsp3) is 0.600. The van der Waals surface area contributed by atoms with E-state index in [1.165, 1.54) is 0 Å². The van der Waals surface area contributed by atoms with Crippen LogP contribution in [-0.4, -0.2) is 12.3 Å². The summed E-state index contributed by atoms with van der Waals surface area (Å²) in [6, 6.07) is 0. The summed E-state index contributed by atoms with van der Waals surface area (Å²) in [5.74, 6) is 0.515. The molecular formula is C10H12O3. The Balaban J connectivity index is 2.14. The first kappa shape index (κ1) is 8.48. The topological polar surface area (TPSA) is 43.4 Å². The van der Waals surface area contributed by atoms with E-state index in [9.17, 15) is 9.59 Å². The molecule has 0 radical (unpaired) electrons. The van der Waals surface area contributed by atoms with E-state index in [4.69, 9.17) is 4.74 Å². The summed E-state index contributed by atoms with van der Waals surface area (Å²) in [6.07, 6.45) is 3.32. The maximum atomic E-state index is 11.3. The van der Waals surface area contributed by atoms with Crippen molar-refractivity contribution in [3.63, 3.8) is 0 Å². The Hall–Kier alpha value is -1.12. The molecule has 0 aromatic rings. The molecule has 1 heterocycles. The molecule has 0 spiro atoms. The number of ether oxygens (including phenoxy) is 1. The summed E-state index contributed by atoms with van der Waals surface area (Å²) in [7, 11) is 0. The highest BCUT2D eigenvalue weighted by Crippen LogP contribution is 2.42. The number of hydrogen-bond donors (Lipinski definition) is 0. The molecule has 0 N–H and O–H groups in total. The lowest BCUT2D eigenvalue weighted by atomic mass is 9.75. The predicted molar refractivity (Wildman–Crippen MR) is 45.6 cm³/mol. The summed E-state index contributed by atoms with van der Waals surface area (Å²) in [5.41, 5.74) is 0. The largest absolute Gasteiger partial charge is 0.431 e. The van der Waals surface area contributed by atoms with Gasteiger partial charge >= 0.3 is 5.97 Å². The van der Waals surface area contributed by atoms with Gasteiger partial charge in [0.05, 0.1) is 5.92 Å². The average molecular weight is 180 g/mol.